The minimum absolute atomic E-state index is 0.198. The van der Waals surface area contributed by atoms with Crippen molar-refractivity contribution in [2.45, 2.75) is 42.2 Å². The van der Waals surface area contributed by atoms with E-state index in [0.717, 1.165) is 0 Å². The zero-order chi connectivity index (χ0) is 15.7. The van der Waals surface area contributed by atoms with Crippen molar-refractivity contribution < 1.29 is 13.2 Å². The van der Waals surface area contributed by atoms with Crippen molar-refractivity contribution in [3.63, 3.8) is 0 Å². The fourth-order valence-corrected chi connectivity index (χ4v) is 3.95. The van der Waals surface area contributed by atoms with E-state index in [9.17, 15) is 13.2 Å². The monoisotopic (exact) mass is 309 g/mol. The van der Waals surface area contributed by atoms with Gasteiger partial charge in [0.05, 0.1) is 4.90 Å². The number of nitrogens with two attached hydrogens (primary N) is 1. The molecule has 1 aromatic rings. The number of ketones is 1. The van der Waals surface area contributed by atoms with Gasteiger partial charge in [0.25, 0.3) is 0 Å². The summed E-state index contributed by atoms with van der Waals surface area (Å²) in [6.07, 6.45) is 4.12. The van der Waals surface area contributed by atoms with Crippen LogP contribution < -0.4 is 5.73 Å². The van der Waals surface area contributed by atoms with Crippen LogP contribution in [-0.2, 0) is 14.6 Å². The van der Waals surface area contributed by atoms with Gasteiger partial charge in [0.1, 0.15) is 5.25 Å². The zero-order valence-corrected chi connectivity index (χ0v) is 13.0. The van der Waals surface area contributed by atoms with Crippen LogP contribution in [-0.4, -0.2) is 26.0 Å². The Morgan fingerprint density at radius 2 is 1.90 bits per heavy atom. The summed E-state index contributed by atoms with van der Waals surface area (Å²) in [4.78, 5) is 12.5. The van der Waals surface area contributed by atoms with Gasteiger partial charge in [-0.3, -0.25) is 4.79 Å². The molecule has 4 nitrogen and oxygen atoms in total. The van der Waals surface area contributed by atoms with E-state index in [2.05, 4.69) is 6.58 Å². The van der Waals surface area contributed by atoms with Crippen LogP contribution in [0, 0.1) is 0 Å². The molecule has 0 aromatic heterocycles. The van der Waals surface area contributed by atoms with Crippen LogP contribution in [0.2, 0.25) is 0 Å². The van der Waals surface area contributed by atoms with Crippen molar-refractivity contribution >= 4 is 15.6 Å². The summed E-state index contributed by atoms with van der Waals surface area (Å²) in [5.41, 5.74) is 5.46. The SMILES string of the molecule is C=CCCCC(=O)C(CCCN)S(=O)(=O)c1ccccc1. The topological polar surface area (TPSA) is 77.2 Å². The summed E-state index contributed by atoms with van der Waals surface area (Å²) >= 11 is 0. The van der Waals surface area contributed by atoms with Gasteiger partial charge >= 0.3 is 0 Å². The lowest BCUT2D eigenvalue weighted by molar-refractivity contribution is -0.118. The number of allylic oxidation sites excluding steroid dienone is 1. The highest BCUT2D eigenvalue weighted by Gasteiger charge is 2.32. The Bertz CT molecular complexity index is 552. The van der Waals surface area contributed by atoms with Gasteiger partial charge in [-0.05, 0) is 44.4 Å². The van der Waals surface area contributed by atoms with Crippen molar-refractivity contribution in [3.8, 4) is 0 Å². The number of carbonyl (C=O) groups is 1. The molecule has 0 saturated carbocycles. The Morgan fingerprint density at radius 1 is 1.24 bits per heavy atom. The molecule has 21 heavy (non-hydrogen) atoms. The molecule has 5 heteroatoms. The molecule has 0 aliphatic heterocycles. The van der Waals surface area contributed by atoms with E-state index in [0.29, 0.717) is 25.8 Å². The molecular weight excluding hydrogens is 286 g/mol. The van der Waals surface area contributed by atoms with Crippen LogP contribution in [0.25, 0.3) is 0 Å². The molecule has 0 fully saturated rings. The lowest BCUT2D eigenvalue weighted by Gasteiger charge is -2.16. The Hall–Kier alpha value is -1.46. The standard InChI is InChI=1S/C16H23NO3S/c1-2-3-5-11-15(18)16(12-8-13-17)21(19,20)14-9-6-4-7-10-14/h2,4,6-7,9-10,16H,1,3,5,8,11-13,17H2. The van der Waals surface area contributed by atoms with Crippen LogP contribution in [0.4, 0.5) is 0 Å². The number of benzene rings is 1. The third-order valence-corrected chi connectivity index (χ3v) is 5.48. The van der Waals surface area contributed by atoms with E-state index in [1.54, 1.807) is 24.3 Å². The molecule has 116 valence electrons. The lowest BCUT2D eigenvalue weighted by Crippen LogP contribution is -2.31. The zero-order valence-electron chi connectivity index (χ0n) is 12.2. The Labute approximate surface area is 127 Å². The summed E-state index contributed by atoms with van der Waals surface area (Å²) < 4.78 is 25.3. The van der Waals surface area contributed by atoms with Gasteiger partial charge in [-0.25, -0.2) is 8.42 Å². The predicted octanol–water partition coefficient (Wildman–Crippen LogP) is 2.49. The van der Waals surface area contributed by atoms with Gasteiger partial charge in [0.15, 0.2) is 15.6 Å². The molecule has 2 N–H and O–H groups in total. The van der Waals surface area contributed by atoms with E-state index in [1.807, 2.05) is 0 Å². The predicted molar refractivity (Wildman–Crippen MR) is 84.8 cm³/mol. The molecule has 1 unspecified atom stereocenters. The molecule has 1 aromatic carbocycles. The maximum atomic E-state index is 12.6. The van der Waals surface area contributed by atoms with Gasteiger partial charge in [0, 0.05) is 6.42 Å². The van der Waals surface area contributed by atoms with Gasteiger partial charge in [0.2, 0.25) is 0 Å². The van der Waals surface area contributed by atoms with Crippen LogP contribution >= 0.6 is 0 Å². The average Bonchev–Trinajstić information content (AvgIpc) is 2.48. The molecule has 0 spiro atoms. The van der Waals surface area contributed by atoms with E-state index in [-0.39, 0.29) is 23.5 Å². The Kier molecular flexibility index (Phi) is 7.32. The second-order valence-corrected chi connectivity index (χ2v) is 7.06. The highest BCUT2D eigenvalue weighted by Crippen LogP contribution is 2.21. The highest BCUT2D eigenvalue weighted by molar-refractivity contribution is 7.92. The first-order chi connectivity index (χ1) is 10.0. The molecular formula is C16H23NO3S. The molecule has 1 atom stereocenters. The Balaban J connectivity index is 2.95. The third-order valence-electron chi connectivity index (χ3n) is 3.31. The number of Topliss-reactive ketones (excluding diaryl/α,β-unsaturated/α-hetero) is 1. The second kappa shape index (κ2) is 8.74. The fourth-order valence-electron chi connectivity index (χ4n) is 2.15. The highest BCUT2D eigenvalue weighted by atomic mass is 32.2. The first-order valence-electron chi connectivity index (χ1n) is 7.16. The van der Waals surface area contributed by atoms with E-state index in [1.165, 1.54) is 12.1 Å². The molecule has 0 saturated heterocycles. The number of hydrogen-bond donors (Lipinski definition) is 1. The number of carbonyl (C=O) groups excluding carboxylic acids is 1. The molecule has 0 heterocycles. The molecule has 0 radical (unpaired) electrons. The largest absolute Gasteiger partial charge is 0.330 e. The smallest absolute Gasteiger partial charge is 0.188 e. The third kappa shape index (κ3) is 5.10. The molecule has 0 amide bonds. The maximum Gasteiger partial charge on any atom is 0.188 e. The van der Waals surface area contributed by atoms with Crippen molar-refractivity contribution in [1.82, 2.24) is 0 Å². The quantitative estimate of drug-likeness (QED) is 0.532. The van der Waals surface area contributed by atoms with Crippen LogP contribution in [0.15, 0.2) is 47.9 Å². The Morgan fingerprint density at radius 3 is 2.48 bits per heavy atom. The number of unbranched alkanes of at least 4 members (excludes halogenated alkanes) is 1. The van der Waals surface area contributed by atoms with E-state index in [4.69, 9.17) is 5.73 Å². The molecule has 0 aliphatic rings. The van der Waals surface area contributed by atoms with Gasteiger partial charge in [-0.2, -0.15) is 0 Å². The minimum atomic E-state index is -3.64. The second-order valence-electron chi connectivity index (χ2n) is 4.92. The summed E-state index contributed by atoms with van der Waals surface area (Å²) in [5.74, 6) is -0.228. The van der Waals surface area contributed by atoms with Crippen molar-refractivity contribution in [1.29, 1.82) is 0 Å². The van der Waals surface area contributed by atoms with Gasteiger partial charge < -0.3 is 5.73 Å². The summed E-state index contributed by atoms with van der Waals surface area (Å²) in [6.45, 7) is 3.98. The van der Waals surface area contributed by atoms with Crippen molar-refractivity contribution in [3.05, 3.63) is 43.0 Å². The summed E-state index contributed by atoms with van der Waals surface area (Å²) in [7, 11) is -3.64. The summed E-state index contributed by atoms with van der Waals surface area (Å²) in [6, 6.07) is 8.13. The summed E-state index contributed by atoms with van der Waals surface area (Å²) in [5, 5.41) is -0.992. The molecule has 0 aliphatic carbocycles. The van der Waals surface area contributed by atoms with Crippen molar-refractivity contribution in [2.24, 2.45) is 5.73 Å². The van der Waals surface area contributed by atoms with E-state index >= 15 is 0 Å². The maximum absolute atomic E-state index is 12.6. The van der Waals surface area contributed by atoms with Gasteiger partial charge in [-0.1, -0.05) is 24.3 Å². The lowest BCUT2D eigenvalue weighted by atomic mass is 10.1. The van der Waals surface area contributed by atoms with Crippen LogP contribution in [0.1, 0.15) is 32.1 Å². The van der Waals surface area contributed by atoms with Crippen LogP contribution in [0.3, 0.4) is 0 Å². The first kappa shape index (κ1) is 17.6. The number of hydrogen-bond acceptors (Lipinski definition) is 4. The average molecular weight is 309 g/mol. The molecule has 0 bridgehead atoms. The van der Waals surface area contributed by atoms with Crippen molar-refractivity contribution in [2.75, 3.05) is 6.54 Å². The first-order valence-corrected chi connectivity index (χ1v) is 8.71. The van der Waals surface area contributed by atoms with E-state index < -0.39 is 15.1 Å². The number of sulfone groups is 1. The minimum Gasteiger partial charge on any atom is -0.330 e. The van der Waals surface area contributed by atoms with Gasteiger partial charge in [-0.15, -0.1) is 6.58 Å². The van der Waals surface area contributed by atoms with Crippen LogP contribution in [0.5, 0.6) is 0 Å². The fraction of sp³-hybridized carbons (Fsp3) is 0.438. The number of rotatable bonds is 10. The normalized spacial score (nSPS) is 12.8. The molecule has 1 rings (SSSR count).